The first-order chi connectivity index (χ1) is 10.3. The molecule has 1 rings (SSSR count). The van der Waals surface area contributed by atoms with Crippen LogP contribution in [0.4, 0.5) is 0 Å². The van der Waals surface area contributed by atoms with Gasteiger partial charge in [0.05, 0.1) is 13.2 Å². The molecule has 0 aliphatic carbocycles. The Bertz CT molecular complexity index is 572. The molecule has 0 radical (unpaired) electrons. The van der Waals surface area contributed by atoms with E-state index in [2.05, 4.69) is 10.1 Å². The molecule has 0 aliphatic heterocycles. The summed E-state index contributed by atoms with van der Waals surface area (Å²) in [6.45, 7) is 0.0919. The van der Waals surface area contributed by atoms with Crippen molar-refractivity contribution in [2.24, 2.45) is 5.73 Å². The van der Waals surface area contributed by atoms with Gasteiger partial charge in [0.25, 0.3) is 0 Å². The third kappa shape index (κ3) is 5.06. The van der Waals surface area contributed by atoms with Crippen molar-refractivity contribution in [1.29, 1.82) is 0 Å². The Morgan fingerprint density at radius 2 is 2.05 bits per heavy atom. The van der Waals surface area contributed by atoms with Crippen LogP contribution in [0.5, 0.6) is 5.75 Å². The van der Waals surface area contributed by atoms with Crippen LogP contribution in [0.3, 0.4) is 0 Å². The van der Waals surface area contributed by atoms with E-state index in [1.54, 1.807) is 6.07 Å². The van der Waals surface area contributed by atoms with Crippen LogP contribution in [0.15, 0.2) is 18.2 Å². The number of carbonyl (C=O) groups excluding carboxylic acids is 2. The van der Waals surface area contributed by atoms with E-state index in [-0.39, 0.29) is 30.7 Å². The van der Waals surface area contributed by atoms with Gasteiger partial charge in [0.2, 0.25) is 5.91 Å². The van der Waals surface area contributed by atoms with Gasteiger partial charge in [0, 0.05) is 13.0 Å². The second-order valence-electron chi connectivity index (χ2n) is 4.60. The van der Waals surface area contributed by atoms with Gasteiger partial charge in [-0.05, 0) is 24.1 Å². The van der Waals surface area contributed by atoms with E-state index in [0.717, 1.165) is 0 Å². The molecule has 0 spiro atoms. The summed E-state index contributed by atoms with van der Waals surface area (Å²) in [5.41, 5.74) is 6.14. The van der Waals surface area contributed by atoms with Crippen molar-refractivity contribution in [3.05, 3.63) is 29.3 Å². The maximum atomic E-state index is 11.7. The number of rotatable bonds is 7. The molecule has 1 atom stereocenters. The number of phenolic OH excluding ortho intramolecular Hbond substituents is 1. The molecule has 5 N–H and O–H groups in total. The van der Waals surface area contributed by atoms with Gasteiger partial charge in [-0.15, -0.1) is 0 Å². The van der Waals surface area contributed by atoms with Gasteiger partial charge in [-0.2, -0.15) is 0 Å². The Morgan fingerprint density at radius 1 is 1.36 bits per heavy atom. The van der Waals surface area contributed by atoms with Crippen molar-refractivity contribution in [2.45, 2.75) is 25.4 Å². The number of phenols is 1. The summed E-state index contributed by atoms with van der Waals surface area (Å²) >= 11 is 0. The van der Waals surface area contributed by atoms with Crippen molar-refractivity contribution < 1.29 is 29.3 Å². The number of amides is 1. The minimum absolute atomic E-state index is 0.0238. The highest BCUT2D eigenvalue weighted by atomic mass is 16.5. The van der Waals surface area contributed by atoms with Gasteiger partial charge in [0.1, 0.15) is 11.3 Å². The molecule has 0 bridgehead atoms. The van der Waals surface area contributed by atoms with E-state index in [0.29, 0.717) is 5.56 Å². The van der Waals surface area contributed by atoms with E-state index in [1.165, 1.54) is 19.2 Å². The lowest BCUT2D eigenvalue weighted by Crippen LogP contribution is -2.40. The quantitative estimate of drug-likeness (QED) is 0.519. The zero-order valence-corrected chi connectivity index (χ0v) is 12.0. The molecule has 0 saturated carbocycles. The predicted molar refractivity (Wildman–Crippen MR) is 76.1 cm³/mol. The lowest BCUT2D eigenvalue weighted by molar-refractivity contribution is -0.137. The fourth-order valence-electron chi connectivity index (χ4n) is 1.70. The Balaban J connectivity index is 2.57. The monoisotopic (exact) mass is 310 g/mol. The number of methoxy groups -OCH3 is 1. The zero-order chi connectivity index (χ0) is 16.7. The summed E-state index contributed by atoms with van der Waals surface area (Å²) in [4.78, 5) is 33.4. The van der Waals surface area contributed by atoms with Crippen LogP contribution < -0.4 is 11.1 Å². The molecule has 0 aromatic heterocycles. The second-order valence-corrected chi connectivity index (χ2v) is 4.60. The SMILES string of the molecule is COC(=O)c1ccc(CNC(=O)C(N)CCC(=O)O)cc1O. The Labute approximate surface area is 126 Å². The van der Waals surface area contributed by atoms with E-state index in [1.807, 2.05) is 0 Å². The van der Waals surface area contributed by atoms with Gasteiger partial charge >= 0.3 is 11.9 Å². The molecule has 1 unspecified atom stereocenters. The maximum absolute atomic E-state index is 11.7. The van der Waals surface area contributed by atoms with Gasteiger partial charge in [-0.1, -0.05) is 6.07 Å². The number of benzene rings is 1. The van der Waals surface area contributed by atoms with Crippen LogP contribution >= 0.6 is 0 Å². The zero-order valence-electron chi connectivity index (χ0n) is 12.0. The van der Waals surface area contributed by atoms with Crippen molar-refractivity contribution in [2.75, 3.05) is 7.11 Å². The largest absolute Gasteiger partial charge is 0.507 e. The number of carboxylic acid groups (broad SMARTS) is 1. The molecule has 0 saturated heterocycles. The summed E-state index contributed by atoms with van der Waals surface area (Å²) in [5, 5.41) is 20.8. The van der Waals surface area contributed by atoms with Gasteiger partial charge in [0.15, 0.2) is 0 Å². The third-order valence-electron chi connectivity index (χ3n) is 2.94. The number of ether oxygens (including phenoxy) is 1. The lowest BCUT2D eigenvalue weighted by atomic mass is 10.1. The van der Waals surface area contributed by atoms with Crippen LogP contribution in [0.25, 0.3) is 0 Å². The highest BCUT2D eigenvalue weighted by Gasteiger charge is 2.15. The van der Waals surface area contributed by atoms with Crippen molar-refractivity contribution in [1.82, 2.24) is 5.32 Å². The normalized spacial score (nSPS) is 11.5. The van der Waals surface area contributed by atoms with Gasteiger partial charge in [-0.3, -0.25) is 9.59 Å². The van der Waals surface area contributed by atoms with Gasteiger partial charge in [-0.25, -0.2) is 4.79 Å². The van der Waals surface area contributed by atoms with E-state index in [4.69, 9.17) is 10.8 Å². The molecule has 1 aromatic rings. The first kappa shape index (κ1) is 17.4. The molecule has 1 aromatic carbocycles. The fraction of sp³-hybridized carbons (Fsp3) is 0.357. The van der Waals surface area contributed by atoms with E-state index >= 15 is 0 Å². The number of esters is 1. The fourth-order valence-corrected chi connectivity index (χ4v) is 1.70. The summed E-state index contributed by atoms with van der Waals surface area (Å²) in [5.74, 6) is -2.43. The van der Waals surface area contributed by atoms with Crippen molar-refractivity contribution >= 4 is 17.8 Å². The minimum Gasteiger partial charge on any atom is -0.507 e. The molecule has 8 nitrogen and oxygen atoms in total. The molecule has 0 aliphatic rings. The molecule has 1 amide bonds. The first-order valence-corrected chi connectivity index (χ1v) is 6.50. The molecule has 0 fully saturated rings. The van der Waals surface area contributed by atoms with E-state index < -0.39 is 23.9 Å². The maximum Gasteiger partial charge on any atom is 0.341 e. The number of hydrogen-bond acceptors (Lipinski definition) is 6. The molecule has 22 heavy (non-hydrogen) atoms. The van der Waals surface area contributed by atoms with Crippen molar-refractivity contribution in [3.63, 3.8) is 0 Å². The van der Waals surface area contributed by atoms with Gasteiger partial charge < -0.3 is 26.0 Å². The van der Waals surface area contributed by atoms with Crippen LogP contribution in [-0.4, -0.2) is 41.2 Å². The van der Waals surface area contributed by atoms with Crippen LogP contribution in [-0.2, 0) is 20.9 Å². The highest BCUT2D eigenvalue weighted by molar-refractivity contribution is 5.92. The summed E-state index contributed by atoms with van der Waals surface area (Å²) in [7, 11) is 1.20. The summed E-state index contributed by atoms with van der Waals surface area (Å²) < 4.78 is 4.50. The average molecular weight is 310 g/mol. The minimum atomic E-state index is -1.02. The lowest BCUT2D eigenvalue weighted by Gasteiger charge is -2.12. The van der Waals surface area contributed by atoms with Crippen LogP contribution in [0.1, 0.15) is 28.8 Å². The summed E-state index contributed by atoms with van der Waals surface area (Å²) in [6.07, 6.45) is -0.156. The number of aliphatic carboxylic acids is 1. The van der Waals surface area contributed by atoms with Crippen LogP contribution in [0.2, 0.25) is 0 Å². The Morgan fingerprint density at radius 3 is 2.59 bits per heavy atom. The number of carbonyl (C=O) groups is 3. The number of hydrogen-bond donors (Lipinski definition) is 4. The molecule has 0 heterocycles. The number of nitrogens with one attached hydrogen (secondary N) is 1. The second kappa shape index (κ2) is 7.99. The number of aromatic hydroxyl groups is 1. The topological polar surface area (TPSA) is 139 Å². The average Bonchev–Trinajstić information content (AvgIpc) is 2.49. The predicted octanol–water partition coefficient (Wildman–Crippen LogP) is -0.0129. The number of carboxylic acids is 1. The number of nitrogens with two attached hydrogens (primary N) is 1. The van der Waals surface area contributed by atoms with Crippen molar-refractivity contribution in [3.8, 4) is 5.75 Å². The third-order valence-corrected chi connectivity index (χ3v) is 2.94. The molecule has 8 heteroatoms. The van der Waals surface area contributed by atoms with Crippen LogP contribution in [0, 0.1) is 0 Å². The standard InChI is InChI=1S/C14H18N2O6/c1-22-14(21)9-3-2-8(6-11(9)17)7-16-13(20)10(15)4-5-12(18)19/h2-3,6,10,17H,4-5,7,15H2,1H3,(H,16,20)(H,18,19). The van der Waals surface area contributed by atoms with E-state index in [9.17, 15) is 19.5 Å². The molecule has 120 valence electrons. The summed E-state index contributed by atoms with van der Waals surface area (Å²) in [6, 6.07) is 3.34. The molecular weight excluding hydrogens is 292 g/mol. The Hall–Kier alpha value is -2.61. The smallest absolute Gasteiger partial charge is 0.341 e. The first-order valence-electron chi connectivity index (χ1n) is 6.50. The highest BCUT2D eigenvalue weighted by Crippen LogP contribution is 2.19. The Kier molecular flexibility index (Phi) is 6.33. The molecular formula is C14H18N2O6.